The number of anilines is 1. The van der Waals surface area contributed by atoms with E-state index in [-0.39, 0.29) is 18.2 Å². The van der Waals surface area contributed by atoms with Gasteiger partial charge in [-0.1, -0.05) is 25.5 Å². The molecule has 0 bridgehead atoms. The zero-order valence-electron chi connectivity index (χ0n) is 12.2. The van der Waals surface area contributed by atoms with Crippen LogP contribution in [0.5, 0.6) is 0 Å². The third-order valence-corrected chi connectivity index (χ3v) is 2.96. The Hall–Kier alpha value is -2.21. The highest BCUT2D eigenvalue weighted by molar-refractivity contribution is 6.04. The van der Waals surface area contributed by atoms with Crippen LogP contribution in [0.25, 0.3) is 0 Å². The maximum Gasteiger partial charge on any atom is 0.320 e. The summed E-state index contributed by atoms with van der Waals surface area (Å²) in [7, 11) is 0. The van der Waals surface area contributed by atoms with Gasteiger partial charge in [0.2, 0.25) is 5.91 Å². The number of rotatable bonds is 8. The lowest BCUT2D eigenvalue weighted by Crippen LogP contribution is -2.41. The average Bonchev–Trinajstić information content (AvgIpc) is 2.43. The van der Waals surface area contributed by atoms with E-state index in [4.69, 9.17) is 5.11 Å². The van der Waals surface area contributed by atoms with Gasteiger partial charge in [-0.05, 0) is 25.5 Å². The highest BCUT2D eigenvalue weighted by atomic mass is 16.4. The van der Waals surface area contributed by atoms with Crippen molar-refractivity contribution in [3.63, 3.8) is 0 Å². The van der Waals surface area contributed by atoms with Gasteiger partial charge < -0.3 is 10.4 Å². The standard InChI is InChI=1S/C15H20N2O4/c1-3-6-13(15(20)21)16-9-14(19)17-12-8-5-4-7-11(12)10(2)18/h4-5,7-8,13,16H,3,6,9H2,1-2H3,(H,17,19)(H,20,21). The van der Waals surface area contributed by atoms with Crippen LogP contribution in [0.2, 0.25) is 0 Å². The number of hydrogen-bond acceptors (Lipinski definition) is 4. The van der Waals surface area contributed by atoms with Crippen molar-refractivity contribution in [3.8, 4) is 0 Å². The van der Waals surface area contributed by atoms with Gasteiger partial charge in [0.25, 0.3) is 0 Å². The Bertz CT molecular complexity index is 528. The molecular formula is C15H20N2O4. The molecule has 1 aromatic rings. The first-order valence-electron chi connectivity index (χ1n) is 6.81. The van der Waals surface area contributed by atoms with Crippen LogP contribution < -0.4 is 10.6 Å². The molecule has 0 aromatic heterocycles. The SMILES string of the molecule is CCCC(NCC(=O)Nc1ccccc1C(C)=O)C(=O)O. The Morgan fingerprint density at radius 2 is 1.90 bits per heavy atom. The van der Waals surface area contributed by atoms with Crippen LogP contribution in [0, 0.1) is 0 Å². The van der Waals surface area contributed by atoms with Crippen molar-refractivity contribution in [1.29, 1.82) is 0 Å². The highest BCUT2D eigenvalue weighted by Crippen LogP contribution is 2.15. The number of nitrogens with one attached hydrogen (secondary N) is 2. The summed E-state index contributed by atoms with van der Waals surface area (Å²) in [5, 5.41) is 14.3. The number of carboxylic acid groups (broad SMARTS) is 1. The fourth-order valence-electron chi connectivity index (χ4n) is 1.91. The van der Waals surface area contributed by atoms with Crippen LogP contribution in [0.3, 0.4) is 0 Å². The normalized spacial score (nSPS) is 11.7. The minimum Gasteiger partial charge on any atom is -0.480 e. The molecule has 3 N–H and O–H groups in total. The van der Waals surface area contributed by atoms with Gasteiger partial charge in [0.15, 0.2) is 5.78 Å². The van der Waals surface area contributed by atoms with E-state index in [0.717, 1.165) is 0 Å². The predicted molar refractivity (Wildman–Crippen MR) is 79.4 cm³/mol. The fourth-order valence-corrected chi connectivity index (χ4v) is 1.91. The van der Waals surface area contributed by atoms with E-state index >= 15 is 0 Å². The van der Waals surface area contributed by atoms with E-state index in [1.165, 1.54) is 6.92 Å². The zero-order valence-corrected chi connectivity index (χ0v) is 12.2. The Kier molecular flexibility index (Phi) is 6.55. The largest absolute Gasteiger partial charge is 0.480 e. The van der Waals surface area contributed by atoms with Gasteiger partial charge in [0.05, 0.1) is 12.2 Å². The quantitative estimate of drug-likeness (QED) is 0.633. The van der Waals surface area contributed by atoms with E-state index in [1.54, 1.807) is 24.3 Å². The number of carboxylic acids is 1. The van der Waals surface area contributed by atoms with E-state index in [0.29, 0.717) is 24.1 Å². The first-order valence-corrected chi connectivity index (χ1v) is 6.81. The molecule has 0 aliphatic rings. The number of carbonyl (C=O) groups excluding carboxylic acids is 2. The Morgan fingerprint density at radius 1 is 1.24 bits per heavy atom. The summed E-state index contributed by atoms with van der Waals surface area (Å²) in [6.07, 6.45) is 1.16. The van der Waals surface area contributed by atoms with E-state index in [9.17, 15) is 14.4 Å². The number of Topliss-reactive ketones (excluding diaryl/α,β-unsaturated/α-hetero) is 1. The van der Waals surface area contributed by atoms with Crippen LogP contribution in [-0.4, -0.2) is 35.4 Å². The van der Waals surface area contributed by atoms with Gasteiger partial charge in [0, 0.05) is 5.56 Å². The summed E-state index contributed by atoms with van der Waals surface area (Å²) in [5.74, 6) is -1.51. The molecule has 1 amide bonds. The second-order valence-corrected chi connectivity index (χ2v) is 4.71. The van der Waals surface area contributed by atoms with Gasteiger partial charge in [-0.15, -0.1) is 0 Å². The smallest absolute Gasteiger partial charge is 0.320 e. The van der Waals surface area contributed by atoms with Crippen molar-refractivity contribution < 1.29 is 19.5 Å². The van der Waals surface area contributed by atoms with Gasteiger partial charge in [-0.25, -0.2) is 0 Å². The number of benzene rings is 1. The molecule has 0 aliphatic heterocycles. The third kappa shape index (κ3) is 5.35. The first kappa shape index (κ1) is 16.8. The van der Waals surface area contributed by atoms with Crippen molar-refractivity contribution >= 4 is 23.3 Å². The summed E-state index contributed by atoms with van der Waals surface area (Å²) in [6.45, 7) is 3.18. The van der Waals surface area contributed by atoms with Gasteiger partial charge in [-0.2, -0.15) is 0 Å². The van der Waals surface area contributed by atoms with Crippen LogP contribution in [0.1, 0.15) is 37.0 Å². The molecule has 0 saturated heterocycles. The van der Waals surface area contributed by atoms with Gasteiger partial charge in [0.1, 0.15) is 6.04 Å². The number of hydrogen-bond donors (Lipinski definition) is 3. The van der Waals surface area contributed by atoms with Gasteiger partial charge >= 0.3 is 5.97 Å². The number of aliphatic carboxylic acids is 1. The number of carbonyl (C=O) groups is 3. The zero-order chi connectivity index (χ0) is 15.8. The Morgan fingerprint density at radius 3 is 2.48 bits per heavy atom. The van der Waals surface area contributed by atoms with E-state index < -0.39 is 12.0 Å². The second-order valence-electron chi connectivity index (χ2n) is 4.71. The molecule has 0 saturated carbocycles. The lowest BCUT2D eigenvalue weighted by Gasteiger charge is -2.14. The minimum atomic E-state index is -0.978. The van der Waals surface area contributed by atoms with Crippen molar-refractivity contribution in [1.82, 2.24) is 5.32 Å². The summed E-state index contributed by atoms with van der Waals surface area (Å²) in [4.78, 5) is 34.2. The summed E-state index contributed by atoms with van der Waals surface area (Å²) in [6, 6.07) is 5.94. The first-order chi connectivity index (χ1) is 9.95. The Balaban J connectivity index is 2.62. The molecule has 0 fully saturated rings. The minimum absolute atomic E-state index is 0.122. The van der Waals surface area contributed by atoms with Crippen LogP contribution >= 0.6 is 0 Å². The molecule has 1 atom stereocenters. The highest BCUT2D eigenvalue weighted by Gasteiger charge is 2.17. The summed E-state index contributed by atoms with van der Waals surface area (Å²) < 4.78 is 0. The lowest BCUT2D eigenvalue weighted by atomic mass is 10.1. The molecule has 0 spiro atoms. The third-order valence-electron chi connectivity index (χ3n) is 2.96. The Labute approximate surface area is 123 Å². The van der Waals surface area contributed by atoms with Crippen LogP contribution in [-0.2, 0) is 9.59 Å². The number of ketones is 1. The van der Waals surface area contributed by atoms with Crippen molar-refractivity contribution in [2.24, 2.45) is 0 Å². The number of para-hydroxylation sites is 1. The molecule has 6 nitrogen and oxygen atoms in total. The van der Waals surface area contributed by atoms with E-state index in [1.807, 2.05) is 6.92 Å². The monoisotopic (exact) mass is 292 g/mol. The molecule has 1 aromatic carbocycles. The maximum absolute atomic E-state index is 11.8. The lowest BCUT2D eigenvalue weighted by molar-refractivity contribution is -0.139. The molecule has 1 unspecified atom stereocenters. The average molecular weight is 292 g/mol. The molecule has 0 heterocycles. The molecule has 0 radical (unpaired) electrons. The van der Waals surface area contributed by atoms with Crippen molar-refractivity contribution in [3.05, 3.63) is 29.8 Å². The summed E-state index contributed by atoms with van der Waals surface area (Å²) >= 11 is 0. The molecule has 114 valence electrons. The molecule has 21 heavy (non-hydrogen) atoms. The topological polar surface area (TPSA) is 95.5 Å². The van der Waals surface area contributed by atoms with Crippen LogP contribution in [0.4, 0.5) is 5.69 Å². The number of amides is 1. The van der Waals surface area contributed by atoms with Crippen molar-refractivity contribution in [2.75, 3.05) is 11.9 Å². The van der Waals surface area contributed by atoms with Crippen molar-refractivity contribution in [2.45, 2.75) is 32.7 Å². The van der Waals surface area contributed by atoms with Crippen LogP contribution in [0.15, 0.2) is 24.3 Å². The fraction of sp³-hybridized carbons (Fsp3) is 0.400. The second kappa shape index (κ2) is 8.16. The maximum atomic E-state index is 11.8. The van der Waals surface area contributed by atoms with E-state index in [2.05, 4.69) is 10.6 Å². The molecule has 1 rings (SSSR count). The molecule has 0 aliphatic carbocycles. The molecular weight excluding hydrogens is 272 g/mol. The molecule has 6 heteroatoms. The van der Waals surface area contributed by atoms with Gasteiger partial charge in [-0.3, -0.25) is 19.7 Å². The predicted octanol–water partition coefficient (Wildman–Crippen LogP) is 1.67. The summed E-state index contributed by atoms with van der Waals surface area (Å²) in [5.41, 5.74) is 0.855.